The zero-order valence-corrected chi connectivity index (χ0v) is 12.5. The maximum Gasteiger partial charge on any atom is 0.230 e. The number of hydrogen-bond acceptors (Lipinski definition) is 6. The van der Waals surface area contributed by atoms with Crippen LogP contribution in [-0.2, 0) is 15.3 Å². The van der Waals surface area contributed by atoms with Crippen LogP contribution < -0.4 is 10.2 Å². The van der Waals surface area contributed by atoms with Crippen molar-refractivity contribution >= 4 is 17.0 Å². The molecule has 116 valence electrons. The fourth-order valence-electron chi connectivity index (χ4n) is 2.68. The van der Waals surface area contributed by atoms with Crippen LogP contribution >= 0.6 is 0 Å². The molecule has 22 heavy (non-hydrogen) atoms. The van der Waals surface area contributed by atoms with E-state index in [1.165, 1.54) is 21.3 Å². The van der Waals surface area contributed by atoms with Crippen LogP contribution in [0.3, 0.4) is 0 Å². The lowest BCUT2D eigenvalue weighted by molar-refractivity contribution is -0.247. The van der Waals surface area contributed by atoms with E-state index in [2.05, 4.69) is 0 Å². The molecule has 0 amide bonds. The Labute approximate surface area is 126 Å². The Morgan fingerprint density at radius 2 is 2.05 bits per heavy atom. The molecular weight excluding hydrogens is 288 g/mol. The van der Waals surface area contributed by atoms with Gasteiger partial charge >= 0.3 is 0 Å². The third-order valence-corrected chi connectivity index (χ3v) is 3.86. The van der Waals surface area contributed by atoms with Gasteiger partial charge in [0, 0.05) is 20.3 Å². The van der Waals surface area contributed by atoms with E-state index < -0.39 is 11.9 Å². The Bertz CT molecular complexity index is 806. The standard InChI is InChI=1S/C16H16O6/c1-19-9-4-5-10-12(8-9)22-11-6-7-13(20-2)16(18,21-3)14(11)15(10)17/h4-8,13,18H,1-3H3. The first-order chi connectivity index (χ1) is 10.5. The molecule has 1 aliphatic rings. The highest BCUT2D eigenvalue weighted by molar-refractivity contribution is 5.80. The van der Waals surface area contributed by atoms with Gasteiger partial charge in [-0.05, 0) is 24.3 Å². The van der Waals surface area contributed by atoms with E-state index in [0.717, 1.165) is 0 Å². The molecule has 3 rings (SSSR count). The quantitative estimate of drug-likeness (QED) is 0.869. The van der Waals surface area contributed by atoms with Gasteiger partial charge in [0.25, 0.3) is 0 Å². The van der Waals surface area contributed by atoms with Crippen LogP contribution in [0.5, 0.6) is 5.75 Å². The Morgan fingerprint density at radius 1 is 1.27 bits per heavy atom. The molecule has 6 heteroatoms. The van der Waals surface area contributed by atoms with Gasteiger partial charge in [0.1, 0.15) is 28.8 Å². The molecule has 0 aliphatic heterocycles. The Kier molecular flexibility index (Phi) is 3.52. The van der Waals surface area contributed by atoms with E-state index in [-0.39, 0.29) is 16.8 Å². The number of ether oxygens (including phenoxy) is 3. The first kappa shape index (κ1) is 14.8. The summed E-state index contributed by atoms with van der Waals surface area (Å²) in [6.07, 6.45) is 2.38. The molecule has 0 bridgehead atoms. The number of aliphatic hydroxyl groups is 1. The molecule has 1 heterocycles. The summed E-state index contributed by atoms with van der Waals surface area (Å²) in [5.41, 5.74) is 0.0405. The van der Waals surface area contributed by atoms with Gasteiger partial charge < -0.3 is 23.7 Å². The van der Waals surface area contributed by atoms with Crippen molar-refractivity contribution in [3.63, 3.8) is 0 Å². The first-order valence-electron chi connectivity index (χ1n) is 6.69. The predicted molar refractivity (Wildman–Crippen MR) is 79.8 cm³/mol. The molecule has 0 fully saturated rings. The van der Waals surface area contributed by atoms with Crippen molar-refractivity contribution in [1.82, 2.24) is 0 Å². The highest BCUT2D eigenvalue weighted by Gasteiger charge is 2.45. The van der Waals surface area contributed by atoms with Gasteiger partial charge in [-0.15, -0.1) is 0 Å². The largest absolute Gasteiger partial charge is 0.497 e. The lowest BCUT2D eigenvalue weighted by Crippen LogP contribution is -2.46. The zero-order chi connectivity index (χ0) is 15.9. The maximum absolute atomic E-state index is 12.8. The molecular formula is C16H16O6. The fourth-order valence-corrected chi connectivity index (χ4v) is 2.68. The van der Waals surface area contributed by atoms with Crippen LogP contribution in [0, 0.1) is 0 Å². The highest BCUT2D eigenvalue weighted by atomic mass is 16.6. The van der Waals surface area contributed by atoms with Crippen LogP contribution in [0.25, 0.3) is 17.0 Å². The van der Waals surface area contributed by atoms with Crippen molar-refractivity contribution in [1.29, 1.82) is 0 Å². The lowest BCUT2D eigenvalue weighted by Gasteiger charge is -2.34. The molecule has 1 aromatic heterocycles. The number of benzene rings is 1. The molecule has 1 aromatic carbocycles. The van der Waals surface area contributed by atoms with Crippen molar-refractivity contribution < 1.29 is 23.7 Å². The average Bonchev–Trinajstić information content (AvgIpc) is 2.54. The molecule has 1 N–H and O–H groups in total. The number of fused-ring (bicyclic) bond motifs is 2. The Balaban J connectivity index is 2.34. The van der Waals surface area contributed by atoms with E-state index in [1.807, 2.05) is 0 Å². The van der Waals surface area contributed by atoms with E-state index in [9.17, 15) is 9.90 Å². The van der Waals surface area contributed by atoms with E-state index in [0.29, 0.717) is 16.7 Å². The second-order valence-electron chi connectivity index (χ2n) is 4.95. The molecule has 0 spiro atoms. The van der Waals surface area contributed by atoms with Crippen molar-refractivity contribution in [2.45, 2.75) is 11.9 Å². The van der Waals surface area contributed by atoms with Crippen molar-refractivity contribution in [2.75, 3.05) is 21.3 Å². The number of rotatable bonds is 3. The first-order valence-corrected chi connectivity index (χ1v) is 6.69. The molecule has 2 atom stereocenters. The summed E-state index contributed by atoms with van der Waals surface area (Å²) in [6.45, 7) is 0. The van der Waals surface area contributed by atoms with Gasteiger partial charge in [-0.2, -0.15) is 0 Å². The predicted octanol–water partition coefficient (Wildman–Crippen LogP) is 1.63. The fraction of sp³-hybridized carbons (Fsp3) is 0.312. The second kappa shape index (κ2) is 5.24. The molecule has 2 unspecified atom stereocenters. The minimum atomic E-state index is -1.90. The molecule has 1 aliphatic carbocycles. The van der Waals surface area contributed by atoms with Gasteiger partial charge in [-0.3, -0.25) is 4.79 Å². The Hall–Kier alpha value is -2.15. The maximum atomic E-state index is 12.8. The van der Waals surface area contributed by atoms with E-state index >= 15 is 0 Å². The summed E-state index contributed by atoms with van der Waals surface area (Å²) in [6, 6.07) is 4.87. The Morgan fingerprint density at radius 3 is 2.68 bits per heavy atom. The molecule has 0 saturated heterocycles. The van der Waals surface area contributed by atoms with Gasteiger partial charge in [-0.1, -0.05) is 0 Å². The van der Waals surface area contributed by atoms with Crippen LogP contribution in [0.4, 0.5) is 0 Å². The number of methoxy groups -OCH3 is 3. The van der Waals surface area contributed by atoms with Crippen molar-refractivity contribution in [2.24, 2.45) is 0 Å². The van der Waals surface area contributed by atoms with Crippen molar-refractivity contribution in [3.8, 4) is 5.75 Å². The smallest absolute Gasteiger partial charge is 0.230 e. The van der Waals surface area contributed by atoms with Crippen LogP contribution in [0.15, 0.2) is 33.5 Å². The SMILES string of the molecule is COc1ccc2c(=O)c3c(oc2c1)C=CC(OC)C3(O)OC. The van der Waals surface area contributed by atoms with Gasteiger partial charge in [0.2, 0.25) is 11.2 Å². The summed E-state index contributed by atoms with van der Waals surface area (Å²) in [7, 11) is 4.27. The summed E-state index contributed by atoms with van der Waals surface area (Å²) in [5.74, 6) is -1.08. The van der Waals surface area contributed by atoms with Crippen LogP contribution in [0.1, 0.15) is 11.3 Å². The lowest BCUT2D eigenvalue weighted by atomic mass is 9.92. The van der Waals surface area contributed by atoms with Crippen LogP contribution in [0.2, 0.25) is 0 Å². The minimum absolute atomic E-state index is 0.0296. The second-order valence-corrected chi connectivity index (χ2v) is 4.95. The van der Waals surface area contributed by atoms with Gasteiger partial charge in [-0.25, -0.2) is 0 Å². The molecule has 2 aromatic rings. The summed E-state index contributed by atoms with van der Waals surface area (Å²) in [5, 5.41) is 11.1. The number of hydrogen-bond donors (Lipinski definition) is 1. The highest BCUT2D eigenvalue weighted by Crippen LogP contribution is 2.35. The van der Waals surface area contributed by atoms with E-state index in [1.54, 1.807) is 30.4 Å². The minimum Gasteiger partial charge on any atom is -0.497 e. The summed E-state index contributed by atoms with van der Waals surface area (Å²) >= 11 is 0. The third-order valence-electron chi connectivity index (χ3n) is 3.86. The summed E-state index contributed by atoms with van der Waals surface area (Å²) < 4.78 is 21.2. The molecule has 6 nitrogen and oxygen atoms in total. The molecule has 0 saturated carbocycles. The normalized spacial score (nSPS) is 23.5. The van der Waals surface area contributed by atoms with Crippen molar-refractivity contribution in [3.05, 3.63) is 45.8 Å². The summed E-state index contributed by atoms with van der Waals surface area (Å²) in [4.78, 5) is 12.8. The van der Waals surface area contributed by atoms with Gasteiger partial charge in [0.15, 0.2) is 0 Å². The monoisotopic (exact) mass is 304 g/mol. The van der Waals surface area contributed by atoms with E-state index in [4.69, 9.17) is 18.6 Å². The van der Waals surface area contributed by atoms with Gasteiger partial charge in [0.05, 0.1) is 12.5 Å². The topological polar surface area (TPSA) is 78.1 Å². The zero-order valence-electron chi connectivity index (χ0n) is 12.5. The average molecular weight is 304 g/mol. The molecule has 0 radical (unpaired) electrons. The van der Waals surface area contributed by atoms with Crippen LogP contribution in [-0.4, -0.2) is 32.5 Å². The third kappa shape index (κ3) is 1.96.